The van der Waals surface area contributed by atoms with E-state index in [1.807, 2.05) is 43.3 Å². The Morgan fingerprint density at radius 1 is 1.10 bits per heavy atom. The molecule has 1 heterocycles. The quantitative estimate of drug-likeness (QED) is 0.549. The highest BCUT2D eigenvalue weighted by Crippen LogP contribution is 2.24. The zero-order valence-corrected chi connectivity index (χ0v) is 16.9. The summed E-state index contributed by atoms with van der Waals surface area (Å²) in [4.78, 5) is 29.7. The lowest BCUT2D eigenvalue weighted by Gasteiger charge is -2.10. The van der Waals surface area contributed by atoms with Crippen molar-refractivity contribution < 1.29 is 9.59 Å². The monoisotopic (exact) mass is 406 g/mol. The molecule has 7 heteroatoms. The van der Waals surface area contributed by atoms with Crippen LogP contribution < -0.4 is 16.0 Å². The average Bonchev–Trinajstić information content (AvgIpc) is 3.41. The number of aromatic nitrogens is 1. The first-order valence-corrected chi connectivity index (χ1v) is 10.4. The number of carbonyl (C=O) groups is 2. The molecule has 0 unspecified atom stereocenters. The van der Waals surface area contributed by atoms with Crippen molar-refractivity contribution in [2.24, 2.45) is 0 Å². The summed E-state index contributed by atoms with van der Waals surface area (Å²) in [5, 5.41) is 9.79. The Morgan fingerprint density at radius 2 is 1.90 bits per heavy atom. The van der Waals surface area contributed by atoms with Crippen molar-refractivity contribution in [3.05, 3.63) is 76.3 Å². The lowest BCUT2D eigenvalue weighted by molar-refractivity contribution is 0.0949. The molecule has 0 spiro atoms. The molecule has 29 heavy (non-hydrogen) atoms. The summed E-state index contributed by atoms with van der Waals surface area (Å²) >= 11 is 1.30. The van der Waals surface area contributed by atoms with Crippen molar-refractivity contribution in [1.29, 1.82) is 0 Å². The normalized spacial score (nSPS) is 13.0. The van der Waals surface area contributed by atoms with E-state index in [0.29, 0.717) is 33.8 Å². The number of amides is 2. The minimum Gasteiger partial charge on any atom is -0.357 e. The second-order valence-electron chi connectivity index (χ2n) is 7.10. The largest absolute Gasteiger partial charge is 0.357 e. The summed E-state index contributed by atoms with van der Waals surface area (Å²) in [7, 11) is 0. The molecule has 3 N–H and O–H groups in total. The van der Waals surface area contributed by atoms with E-state index in [9.17, 15) is 9.59 Å². The van der Waals surface area contributed by atoms with E-state index in [1.165, 1.54) is 11.3 Å². The molecule has 2 aromatic carbocycles. The van der Waals surface area contributed by atoms with Gasteiger partial charge in [0.25, 0.3) is 11.8 Å². The van der Waals surface area contributed by atoms with Gasteiger partial charge >= 0.3 is 0 Å². The Bertz CT molecular complexity index is 1030. The summed E-state index contributed by atoms with van der Waals surface area (Å²) < 4.78 is 0. The number of benzene rings is 2. The first-order valence-electron chi connectivity index (χ1n) is 9.55. The van der Waals surface area contributed by atoms with E-state index in [0.717, 1.165) is 24.0 Å². The van der Waals surface area contributed by atoms with Gasteiger partial charge in [-0.3, -0.25) is 9.59 Å². The van der Waals surface area contributed by atoms with Gasteiger partial charge in [0.2, 0.25) is 0 Å². The third-order valence-electron chi connectivity index (χ3n) is 4.68. The molecular formula is C22H22N4O2S. The third kappa shape index (κ3) is 5.00. The molecule has 1 aliphatic carbocycles. The molecule has 4 rings (SSSR count). The Morgan fingerprint density at radius 3 is 2.66 bits per heavy atom. The highest BCUT2D eigenvalue weighted by molar-refractivity contribution is 7.17. The van der Waals surface area contributed by atoms with Crippen LogP contribution in [0.1, 0.15) is 44.0 Å². The Kier molecular flexibility index (Phi) is 5.57. The maximum atomic E-state index is 12.7. The van der Waals surface area contributed by atoms with Gasteiger partial charge in [0.1, 0.15) is 4.88 Å². The minimum atomic E-state index is -0.238. The van der Waals surface area contributed by atoms with E-state index in [4.69, 9.17) is 0 Å². The van der Waals surface area contributed by atoms with Crippen LogP contribution in [0.25, 0.3) is 0 Å². The summed E-state index contributed by atoms with van der Waals surface area (Å²) in [5.74, 6) is -0.341. The molecule has 1 aromatic heterocycles. The molecule has 0 bridgehead atoms. The maximum absolute atomic E-state index is 12.7. The van der Waals surface area contributed by atoms with Gasteiger partial charge in [0, 0.05) is 23.8 Å². The van der Waals surface area contributed by atoms with Gasteiger partial charge in [-0.05, 0) is 43.0 Å². The Labute approximate surface area is 173 Å². The molecule has 1 fully saturated rings. The van der Waals surface area contributed by atoms with Crippen molar-refractivity contribution in [2.45, 2.75) is 32.4 Å². The van der Waals surface area contributed by atoms with E-state index in [1.54, 1.807) is 18.3 Å². The van der Waals surface area contributed by atoms with E-state index >= 15 is 0 Å². The lowest BCUT2D eigenvalue weighted by Crippen LogP contribution is -2.25. The van der Waals surface area contributed by atoms with Gasteiger partial charge in [0.15, 0.2) is 5.13 Å². The molecular weight excluding hydrogens is 384 g/mol. The van der Waals surface area contributed by atoms with Crippen molar-refractivity contribution in [2.75, 3.05) is 10.6 Å². The van der Waals surface area contributed by atoms with E-state index in [2.05, 4.69) is 20.9 Å². The standard InChI is InChI=1S/C22H22N4O2S/c1-14-7-8-16(20(27)25-17-9-10-17)11-18(14)26-21(28)19-13-24-22(29-19)23-12-15-5-3-2-4-6-15/h2-8,11,13,17H,9-10,12H2,1H3,(H,23,24)(H,25,27)(H,26,28). The molecule has 6 nitrogen and oxygen atoms in total. The average molecular weight is 407 g/mol. The van der Waals surface area contributed by atoms with Gasteiger partial charge in [0.05, 0.1) is 6.20 Å². The highest BCUT2D eigenvalue weighted by atomic mass is 32.1. The van der Waals surface area contributed by atoms with Gasteiger partial charge in [-0.15, -0.1) is 0 Å². The van der Waals surface area contributed by atoms with Crippen LogP contribution in [0, 0.1) is 6.92 Å². The molecule has 2 amide bonds. The predicted molar refractivity (Wildman–Crippen MR) is 116 cm³/mol. The molecule has 1 saturated carbocycles. The van der Waals surface area contributed by atoms with E-state index in [-0.39, 0.29) is 11.8 Å². The first-order chi connectivity index (χ1) is 14.1. The lowest BCUT2D eigenvalue weighted by atomic mass is 10.1. The van der Waals surface area contributed by atoms with Crippen molar-refractivity contribution in [3.8, 4) is 0 Å². The number of anilines is 2. The van der Waals surface area contributed by atoms with Crippen LogP contribution in [0.4, 0.5) is 10.8 Å². The van der Waals surface area contributed by atoms with Gasteiger partial charge in [-0.25, -0.2) is 4.98 Å². The van der Waals surface area contributed by atoms with Crippen LogP contribution in [0.2, 0.25) is 0 Å². The third-order valence-corrected chi connectivity index (χ3v) is 5.63. The number of carbonyl (C=O) groups excluding carboxylic acids is 2. The van der Waals surface area contributed by atoms with Crippen LogP contribution >= 0.6 is 11.3 Å². The first kappa shape index (κ1) is 19.1. The molecule has 0 aliphatic heterocycles. The number of aryl methyl sites for hydroxylation is 1. The molecule has 1 aliphatic rings. The SMILES string of the molecule is Cc1ccc(C(=O)NC2CC2)cc1NC(=O)c1cnc(NCc2ccccc2)s1. The zero-order chi connectivity index (χ0) is 20.2. The molecule has 3 aromatic rings. The zero-order valence-electron chi connectivity index (χ0n) is 16.1. The van der Waals surface area contributed by atoms with Crippen LogP contribution in [-0.4, -0.2) is 22.8 Å². The van der Waals surface area contributed by atoms with Crippen molar-refractivity contribution in [1.82, 2.24) is 10.3 Å². The highest BCUT2D eigenvalue weighted by Gasteiger charge is 2.24. The van der Waals surface area contributed by atoms with Crippen LogP contribution in [0.5, 0.6) is 0 Å². The molecule has 0 atom stereocenters. The predicted octanol–water partition coefficient (Wildman–Crippen LogP) is 4.21. The maximum Gasteiger partial charge on any atom is 0.267 e. The molecule has 0 radical (unpaired) electrons. The van der Waals surface area contributed by atoms with Gasteiger partial charge in [-0.1, -0.05) is 47.7 Å². The second-order valence-corrected chi connectivity index (χ2v) is 8.13. The van der Waals surface area contributed by atoms with Crippen LogP contribution in [0.15, 0.2) is 54.7 Å². The smallest absolute Gasteiger partial charge is 0.267 e. The number of hydrogen-bond acceptors (Lipinski definition) is 5. The van der Waals surface area contributed by atoms with Crippen LogP contribution in [-0.2, 0) is 6.54 Å². The summed E-state index contributed by atoms with van der Waals surface area (Å²) in [6.07, 6.45) is 3.63. The van der Waals surface area contributed by atoms with E-state index < -0.39 is 0 Å². The van der Waals surface area contributed by atoms with Gasteiger partial charge in [-0.2, -0.15) is 0 Å². The Hall–Kier alpha value is -3.19. The second kappa shape index (κ2) is 8.45. The fourth-order valence-corrected chi connectivity index (χ4v) is 3.52. The Balaban J connectivity index is 1.40. The number of nitrogens with one attached hydrogen (secondary N) is 3. The number of nitrogens with zero attached hydrogens (tertiary/aromatic N) is 1. The number of hydrogen-bond donors (Lipinski definition) is 3. The summed E-state index contributed by atoms with van der Waals surface area (Å²) in [5.41, 5.74) is 3.22. The van der Waals surface area contributed by atoms with Gasteiger partial charge < -0.3 is 16.0 Å². The molecule has 0 saturated heterocycles. The number of rotatable bonds is 7. The van der Waals surface area contributed by atoms with Crippen molar-refractivity contribution in [3.63, 3.8) is 0 Å². The van der Waals surface area contributed by atoms with Crippen molar-refractivity contribution >= 4 is 34.0 Å². The van der Waals surface area contributed by atoms with Crippen LogP contribution in [0.3, 0.4) is 0 Å². The fraction of sp³-hybridized carbons (Fsp3) is 0.227. The topological polar surface area (TPSA) is 83.1 Å². The summed E-state index contributed by atoms with van der Waals surface area (Å²) in [6, 6.07) is 15.6. The number of thiazole rings is 1. The summed E-state index contributed by atoms with van der Waals surface area (Å²) in [6.45, 7) is 2.55. The minimum absolute atomic E-state index is 0.104. The fourth-order valence-electron chi connectivity index (χ4n) is 2.81. The molecule has 148 valence electrons.